The Morgan fingerprint density at radius 1 is 0.412 bits per heavy atom. The van der Waals surface area contributed by atoms with Gasteiger partial charge in [0.05, 0.1) is 0 Å². The number of hydrogen-bond acceptors (Lipinski definition) is 6. The molecule has 0 amide bonds. The van der Waals surface area contributed by atoms with Crippen molar-refractivity contribution in [1.29, 1.82) is 0 Å². The zero-order valence-electron chi connectivity index (χ0n) is 34.7. The lowest BCUT2D eigenvalue weighted by Gasteiger charge is -2.18. The molecule has 0 aromatic heterocycles. The highest BCUT2D eigenvalue weighted by Crippen LogP contribution is 2.17. The summed E-state index contributed by atoms with van der Waals surface area (Å²) in [4.78, 5) is 37.6. The first-order valence-electron chi connectivity index (χ1n) is 22.3. The van der Waals surface area contributed by atoms with Crippen LogP contribution in [0.25, 0.3) is 0 Å². The molecule has 0 radical (unpaired) electrons. The topological polar surface area (TPSA) is 78.9 Å². The van der Waals surface area contributed by atoms with E-state index in [1.54, 1.807) is 0 Å². The van der Waals surface area contributed by atoms with E-state index in [2.05, 4.69) is 34.6 Å². The zero-order chi connectivity index (χ0) is 37.6. The van der Waals surface area contributed by atoms with Gasteiger partial charge >= 0.3 is 17.9 Å². The molecule has 0 aliphatic rings. The fraction of sp³-hybridized carbons (Fsp3) is 0.933. The SMILES string of the molecule is CCCCCCCCCCCCC(=O)O[C@@H](COC(=O)CCCCCCCCCCCCC(C)C)COC(=O)CCCCCCCCC(C)CC. The number of esters is 3. The summed E-state index contributed by atoms with van der Waals surface area (Å²) >= 11 is 0. The summed E-state index contributed by atoms with van der Waals surface area (Å²) < 4.78 is 16.7. The summed E-state index contributed by atoms with van der Waals surface area (Å²) in [6.07, 6.45) is 35.2. The van der Waals surface area contributed by atoms with Crippen LogP contribution in [0.2, 0.25) is 0 Å². The molecule has 0 saturated carbocycles. The van der Waals surface area contributed by atoms with Crippen molar-refractivity contribution in [2.24, 2.45) is 11.8 Å². The second-order valence-corrected chi connectivity index (χ2v) is 16.1. The monoisotopic (exact) mass is 723 g/mol. The van der Waals surface area contributed by atoms with E-state index in [4.69, 9.17) is 14.2 Å². The predicted molar refractivity (Wildman–Crippen MR) is 215 cm³/mol. The Hall–Kier alpha value is -1.59. The van der Waals surface area contributed by atoms with Crippen LogP contribution in [-0.4, -0.2) is 37.2 Å². The molecule has 0 fully saturated rings. The summed E-state index contributed by atoms with van der Waals surface area (Å²) in [5, 5.41) is 0. The normalized spacial score (nSPS) is 12.6. The highest BCUT2D eigenvalue weighted by Gasteiger charge is 2.19. The van der Waals surface area contributed by atoms with E-state index >= 15 is 0 Å². The van der Waals surface area contributed by atoms with Gasteiger partial charge in [-0.1, -0.05) is 202 Å². The molecule has 6 nitrogen and oxygen atoms in total. The first-order valence-corrected chi connectivity index (χ1v) is 22.3. The highest BCUT2D eigenvalue weighted by atomic mass is 16.6. The molecule has 51 heavy (non-hydrogen) atoms. The Morgan fingerprint density at radius 3 is 1.12 bits per heavy atom. The van der Waals surface area contributed by atoms with E-state index in [1.165, 1.54) is 128 Å². The Kier molecular flexibility index (Phi) is 37.0. The van der Waals surface area contributed by atoms with Gasteiger partial charge in [-0.25, -0.2) is 0 Å². The smallest absolute Gasteiger partial charge is 0.306 e. The van der Waals surface area contributed by atoms with Gasteiger partial charge < -0.3 is 14.2 Å². The van der Waals surface area contributed by atoms with Gasteiger partial charge in [0.2, 0.25) is 0 Å². The summed E-state index contributed by atoms with van der Waals surface area (Å²) in [6.45, 7) is 11.3. The maximum atomic E-state index is 12.7. The fourth-order valence-corrected chi connectivity index (χ4v) is 6.54. The Labute approximate surface area is 317 Å². The van der Waals surface area contributed by atoms with Crippen LogP contribution in [-0.2, 0) is 28.6 Å². The second-order valence-electron chi connectivity index (χ2n) is 16.1. The molecular formula is C45H86O6. The van der Waals surface area contributed by atoms with E-state index in [-0.39, 0.29) is 31.1 Å². The van der Waals surface area contributed by atoms with E-state index in [0.29, 0.717) is 19.3 Å². The highest BCUT2D eigenvalue weighted by molar-refractivity contribution is 5.71. The van der Waals surface area contributed by atoms with Gasteiger partial charge in [-0.05, 0) is 31.1 Å². The minimum Gasteiger partial charge on any atom is -0.462 e. The summed E-state index contributed by atoms with van der Waals surface area (Å²) in [5.74, 6) is 0.770. The fourth-order valence-electron chi connectivity index (χ4n) is 6.54. The first-order chi connectivity index (χ1) is 24.8. The number of carbonyl (C=O) groups is 3. The third-order valence-corrected chi connectivity index (χ3v) is 10.3. The van der Waals surface area contributed by atoms with Crippen LogP contribution in [0, 0.1) is 11.8 Å². The minimum absolute atomic E-state index is 0.0658. The number of rotatable bonds is 39. The summed E-state index contributed by atoms with van der Waals surface area (Å²) in [7, 11) is 0. The minimum atomic E-state index is -0.760. The largest absolute Gasteiger partial charge is 0.462 e. The molecule has 0 aliphatic heterocycles. The van der Waals surface area contributed by atoms with Crippen molar-refractivity contribution in [1.82, 2.24) is 0 Å². The Bertz CT molecular complexity index is 781. The van der Waals surface area contributed by atoms with Crippen molar-refractivity contribution < 1.29 is 28.6 Å². The van der Waals surface area contributed by atoms with Gasteiger partial charge in [-0.2, -0.15) is 0 Å². The van der Waals surface area contributed by atoms with Crippen molar-refractivity contribution in [2.45, 2.75) is 246 Å². The molecule has 302 valence electrons. The van der Waals surface area contributed by atoms with Gasteiger partial charge in [0.1, 0.15) is 13.2 Å². The lowest BCUT2D eigenvalue weighted by Crippen LogP contribution is -2.30. The third kappa shape index (κ3) is 38.0. The lowest BCUT2D eigenvalue weighted by atomic mass is 10.00. The number of ether oxygens (including phenoxy) is 3. The van der Waals surface area contributed by atoms with Gasteiger partial charge in [0, 0.05) is 19.3 Å². The van der Waals surface area contributed by atoms with Crippen LogP contribution in [0.4, 0.5) is 0 Å². The average molecular weight is 723 g/mol. The molecule has 0 saturated heterocycles. The molecule has 1 unspecified atom stereocenters. The predicted octanol–water partition coefficient (Wildman–Crippen LogP) is 13.8. The van der Waals surface area contributed by atoms with Crippen LogP contribution in [0.5, 0.6) is 0 Å². The van der Waals surface area contributed by atoms with Crippen molar-refractivity contribution in [3.63, 3.8) is 0 Å². The molecule has 2 atom stereocenters. The molecule has 0 heterocycles. The molecule has 0 rings (SSSR count). The average Bonchev–Trinajstić information content (AvgIpc) is 3.11. The maximum absolute atomic E-state index is 12.7. The quantitative estimate of drug-likeness (QED) is 0.0357. The van der Waals surface area contributed by atoms with Crippen LogP contribution < -0.4 is 0 Å². The number of carbonyl (C=O) groups excluding carboxylic acids is 3. The molecule has 0 bridgehead atoms. The van der Waals surface area contributed by atoms with Gasteiger partial charge in [-0.3, -0.25) is 14.4 Å². The Balaban J connectivity index is 4.34. The third-order valence-electron chi connectivity index (χ3n) is 10.3. The van der Waals surface area contributed by atoms with E-state index in [0.717, 1.165) is 69.6 Å². The van der Waals surface area contributed by atoms with Gasteiger partial charge in [0.25, 0.3) is 0 Å². The van der Waals surface area contributed by atoms with Crippen LogP contribution >= 0.6 is 0 Å². The van der Waals surface area contributed by atoms with Crippen molar-refractivity contribution in [2.75, 3.05) is 13.2 Å². The number of hydrogen-bond donors (Lipinski definition) is 0. The summed E-state index contributed by atoms with van der Waals surface area (Å²) in [5.41, 5.74) is 0. The standard InChI is InChI=1S/C45H86O6/c1-6-8-9-10-11-12-16-20-27-32-37-45(48)51-42(39-50-44(47)36-31-26-22-21-24-29-34-41(5)7-2)38-49-43(46)35-30-25-19-17-14-13-15-18-23-28-33-40(3)4/h40-42H,6-39H2,1-5H3/t41?,42-/m0/s1. The van der Waals surface area contributed by atoms with Gasteiger partial charge in [-0.15, -0.1) is 0 Å². The van der Waals surface area contributed by atoms with E-state index in [9.17, 15) is 14.4 Å². The van der Waals surface area contributed by atoms with Crippen LogP contribution in [0.1, 0.15) is 240 Å². The van der Waals surface area contributed by atoms with Crippen molar-refractivity contribution in [3.8, 4) is 0 Å². The molecule has 0 spiro atoms. The molecule has 0 aliphatic carbocycles. The first kappa shape index (κ1) is 49.4. The second kappa shape index (κ2) is 38.1. The van der Waals surface area contributed by atoms with Gasteiger partial charge in [0.15, 0.2) is 6.10 Å². The zero-order valence-corrected chi connectivity index (χ0v) is 34.7. The van der Waals surface area contributed by atoms with Crippen LogP contribution in [0.3, 0.4) is 0 Å². The summed E-state index contributed by atoms with van der Waals surface area (Å²) in [6, 6.07) is 0. The molecular weight excluding hydrogens is 636 g/mol. The maximum Gasteiger partial charge on any atom is 0.306 e. The molecule has 0 aromatic carbocycles. The van der Waals surface area contributed by atoms with Crippen LogP contribution in [0.15, 0.2) is 0 Å². The molecule has 0 aromatic rings. The van der Waals surface area contributed by atoms with E-state index < -0.39 is 6.10 Å². The molecule has 6 heteroatoms. The number of unbranched alkanes of at least 4 members (excludes halogenated alkanes) is 23. The van der Waals surface area contributed by atoms with Crippen molar-refractivity contribution in [3.05, 3.63) is 0 Å². The lowest BCUT2D eigenvalue weighted by molar-refractivity contribution is -0.167. The van der Waals surface area contributed by atoms with E-state index in [1.807, 2.05) is 0 Å². The van der Waals surface area contributed by atoms with Crippen molar-refractivity contribution >= 4 is 17.9 Å². The molecule has 0 N–H and O–H groups in total. The Morgan fingerprint density at radius 2 is 0.745 bits per heavy atom.